The Kier molecular flexibility index (Phi) is 5.96. The summed E-state index contributed by atoms with van der Waals surface area (Å²) in [4.78, 5) is 0. The van der Waals surface area contributed by atoms with Crippen molar-refractivity contribution < 1.29 is 12.9 Å². The molecule has 0 fully saturated rings. The van der Waals surface area contributed by atoms with Gasteiger partial charge in [-0.25, -0.2) is 0 Å². The van der Waals surface area contributed by atoms with Crippen molar-refractivity contribution in [3.05, 3.63) is 30.3 Å². The zero-order valence-corrected chi connectivity index (χ0v) is 6.60. The lowest BCUT2D eigenvalue weighted by molar-refractivity contribution is 0.535. The third-order valence-electron chi connectivity index (χ3n) is 1.06. The lowest BCUT2D eigenvalue weighted by Crippen LogP contribution is -1.84. The predicted octanol–water partition coefficient (Wildman–Crippen LogP) is 2.61. The van der Waals surface area contributed by atoms with Crippen LogP contribution in [-0.4, -0.2) is 14.6 Å². The Hall–Kier alpha value is -1.13. The van der Waals surface area contributed by atoms with Gasteiger partial charge in [-0.15, -0.1) is 0 Å². The van der Waals surface area contributed by atoms with Gasteiger partial charge in [-0.2, -0.15) is 0 Å². The molecule has 0 saturated carbocycles. The Morgan fingerprint density at radius 3 is 1.75 bits per heavy atom. The van der Waals surface area contributed by atoms with Crippen LogP contribution in [0.5, 0.6) is 0 Å². The molecule has 0 spiro atoms. The molecule has 0 unspecified atom stereocenters. The maximum absolute atomic E-state index is 9.67. The summed E-state index contributed by atoms with van der Waals surface area (Å²) >= 11 is 0. The van der Waals surface area contributed by atoms with Gasteiger partial charge in [0.25, 0.3) is 0 Å². The minimum Gasteiger partial charge on any atom is -0.388 e. The fraction of sp³-hybridized carbons (Fsp3) is 0.143. The number of hydrogen-bond acceptors (Lipinski definition) is 1. The first-order valence-electron chi connectivity index (χ1n) is 3.32. The number of rotatable bonds is 1. The lowest BCUT2D eigenvalue weighted by Gasteiger charge is -1.94. The first-order valence-corrected chi connectivity index (χ1v) is 3.32. The Balaban J connectivity index is 0.000000261. The molecule has 0 aliphatic carbocycles. The van der Waals surface area contributed by atoms with Gasteiger partial charge in [-0.3, -0.25) is 12.9 Å². The van der Waals surface area contributed by atoms with Gasteiger partial charge in [0.2, 0.25) is 0 Å². The highest BCUT2D eigenvalue weighted by Crippen LogP contribution is 2.01. The number of anilines is 1. The molecule has 0 atom stereocenters. The Bertz CT molecular complexity index is 190. The van der Waals surface area contributed by atoms with Crippen LogP contribution < -0.4 is 5.32 Å². The molecule has 66 valence electrons. The predicted molar refractivity (Wildman–Crippen MR) is 45.1 cm³/mol. The highest BCUT2D eigenvalue weighted by atomic mass is 19.4. The fourth-order valence-corrected chi connectivity index (χ4v) is 0.605. The van der Waals surface area contributed by atoms with Crippen molar-refractivity contribution in [1.29, 1.82) is 0 Å². The van der Waals surface area contributed by atoms with Crippen molar-refractivity contribution >= 4 is 13.2 Å². The van der Waals surface area contributed by atoms with Crippen molar-refractivity contribution in [1.82, 2.24) is 0 Å². The molecular formula is C7H9BF3N. The average Bonchev–Trinajstić information content (AvgIpc) is 2.05. The van der Waals surface area contributed by atoms with Crippen LogP contribution in [0.15, 0.2) is 30.3 Å². The third kappa shape index (κ3) is 6.99. The number of halogens is 3. The minimum atomic E-state index is -3.67. The highest BCUT2D eigenvalue weighted by molar-refractivity contribution is 6.33. The summed E-state index contributed by atoms with van der Waals surface area (Å²) in [5.74, 6) is 0. The van der Waals surface area contributed by atoms with Gasteiger partial charge in [0, 0.05) is 12.7 Å². The van der Waals surface area contributed by atoms with Crippen LogP contribution in [0.3, 0.4) is 0 Å². The Morgan fingerprint density at radius 2 is 1.50 bits per heavy atom. The lowest BCUT2D eigenvalue weighted by atomic mass is 10.3. The molecular weight excluding hydrogens is 166 g/mol. The fourth-order valence-electron chi connectivity index (χ4n) is 0.605. The van der Waals surface area contributed by atoms with Crippen molar-refractivity contribution in [3.63, 3.8) is 0 Å². The van der Waals surface area contributed by atoms with Crippen LogP contribution in [0.1, 0.15) is 0 Å². The second-order valence-corrected chi connectivity index (χ2v) is 1.86. The highest BCUT2D eigenvalue weighted by Gasteiger charge is 2.06. The van der Waals surface area contributed by atoms with Gasteiger partial charge in [-0.1, -0.05) is 18.2 Å². The zero-order valence-electron chi connectivity index (χ0n) is 6.60. The zero-order chi connectivity index (χ0) is 9.40. The van der Waals surface area contributed by atoms with E-state index in [0.29, 0.717) is 0 Å². The SMILES string of the molecule is CNc1ccccc1.FB(F)F. The summed E-state index contributed by atoms with van der Waals surface area (Å²) in [6.45, 7) is 0. The maximum atomic E-state index is 9.67. The van der Waals surface area contributed by atoms with E-state index < -0.39 is 7.54 Å². The molecule has 1 nitrogen and oxygen atoms in total. The molecule has 0 amide bonds. The summed E-state index contributed by atoms with van der Waals surface area (Å²) in [5, 5.41) is 3.03. The molecule has 0 aromatic heterocycles. The molecule has 0 heterocycles. The second kappa shape index (κ2) is 6.58. The maximum Gasteiger partial charge on any atom is 0.762 e. The van der Waals surface area contributed by atoms with Gasteiger partial charge in [0.05, 0.1) is 0 Å². The van der Waals surface area contributed by atoms with E-state index in [0.717, 1.165) is 5.69 Å². The van der Waals surface area contributed by atoms with Crippen LogP contribution in [0.2, 0.25) is 0 Å². The third-order valence-corrected chi connectivity index (χ3v) is 1.06. The van der Waals surface area contributed by atoms with Crippen LogP contribution in [-0.2, 0) is 0 Å². The summed E-state index contributed by atoms with van der Waals surface area (Å²) in [6, 6.07) is 10.1. The average molecular weight is 175 g/mol. The first-order chi connectivity index (χ1) is 5.66. The van der Waals surface area contributed by atoms with Crippen LogP contribution in [0, 0.1) is 0 Å². The molecule has 0 radical (unpaired) electrons. The summed E-state index contributed by atoms with van der Waals surface area (Å²) < 4.78 is 29.0. The number of para-hydroxylation sites is 1. The molecule has 5 heteroatoms. The Morgan fingerprint density at radius 1 is 1.08 bits per heavy atom. The molecule has 0 bridgehead atoms. The van der Waals surface area contributed by atoms with E-state index in [1.807, 2.05) is 37.4 Å². The molecule has 1 aromatic rings. The monoisotopic (exact) mass is 175 g/mol. The van der Waals surface area contributed by atoms with Gasteiger partial charge < -0.3 is 5.32 Å². The van der Waals surface area contributed by atoms with Crippen LogP contribution in [0.4, 0.5) is 18.6 Å². The normalized spacial score (nSPS) is 8.00. The van der Waals surface area contributed by atoms with Crippen LogP contribution >= 0.6 is 0 Å². The van der Waals surface area contributed by atoms with Gasteiger partial charge in [0.15, 0.2) is 0 Å². The van der Waals surface area contributed by atoms with Gasteiger partial charge in [0.1, 0.15) is 0 Å². The summed E-state index contributed by atoms with van der Waals surface area (Å²) in [5.41, 5.74) is 1.16. The van der Waals surface area contributed by atoms with Crippen molar-refractivity contribution in [2.45, 2.75) is 0 Å². The largest absolute Gasteiger partial charge is 0.762 e. The number of nitrogens with one attached hydrogen (secondary N) is 1. The molecule has 1 N–H and O–H groups in total. The standard InChI is InChI=1S/C7H9N.BF3/c1-8-7-5-3-2-4-6-7;2-1(3)4/h2-6,8H,1H3;. The van der Waals surface area contributed by atoms with E-state index in [1.54, 1.807) is 0 Å². The van der Waals surface area contributed by atoms with E-state index in [4.69, 9.17) is 0 Å². The van der Waals surface area contributed by atoms with E-state index in [2.05, 4.69) is 5.32 Å². The summed E-state index contributed by atoms with van der Waals surface area (Å²) in [7, 11) is -1.75. The second-order valence-electron chi connectivity index (χ2n) is 1.86. The number of hydrogen-bond donors (Lipinski definition) is 1. The van der Waals surface area contributed by atoms with Crippen molar-refractivity contribution in [2.75, 3.05) is 12.4 Å². The van der Waals surface area contributed by atoms with Crippen molar-refractivity contribution in [2.24, 2.45) is 0 Å². The Labute approximate surface area is 69.8 Å². The minimum absolute atomic E-state index is 1.16. The molecule has 1 aromatic carbocycles. The molecule has 1 rings (SSSR count). The van der Waals surface area contributed by atoms with E-state index in [9.17, 15) is 12.9 Å². The van der Waals surface area contributed by atoms with Crippen molar-refractivity contribution in [3.8, 4) is 0 Å². The van der Waals surface area contributed by atoms with Crippen LogP contribution in [0.25, 0.3) is 0 Å². The van der Waals surface area contributed by atoms with E-state index in [-0.39, 0.29) is 0 Å². The van der Waals surface area contributed by atoms with Gasteiger partial charge >= 0.3 is 7.54 Å². The van der Waals surface area contributed by atoms with E-state index in [1.165, 1.54) is 0 Å². The quantitative estimate of drug-likeness (QED) is 0.646. The molecule has 0 saturated heterocycles. The summed E-state index contributed by atoms with van der Waals surface area (Å²) in [6.07, 6.45) is 0. The molecule has 0 aliphatic heterocycles. The molecule has 12 heavy (non-hydrogen) atoms. The number of benzene rings is 1. The first kappa shape index (κ1) is 10.9. The smallest absolute Gasteiger partial charge is 0.388 e. The van der Waals surface area contributed by atoms with E-state index >= 15 is 0 Å². The topological polar surface area (TPSA) is 12.0 Å². The molecule has 0 aliphatic rings. The van der Waals surface area contributed by atoms with Gasteiger partial charge in [-0.05, 0) is 12.1 Å².